The quantitative estimate of drug-likeness (QED) is 0.0646. The average Bonchev–Trinajstić information content (AvgIpc) is 3.28. The van der Waals surface area contributed by atoms with Crippen molar-refractivity contribution in [2.45, 2.75) is 38.4 Å². The Labute approximate surface area is 339 Å². The van der Waals surface area contributed by atoms with Crippen LogP contribution in [0.3, 0.4) is 0 Å². The van der Waals surface area contributed by atoms with Crippen LogP contribution in [0.15, 0.2) is 188 Å². The third-order valence-electron chi connectivity index (χ3n) is 9.98. The lowest BCUT2D eigenvalue weighted by molar-refractivity contribution is -0.386. The topological polar surface area (TPSA) is 94.3 Å². The summed E-state index contributed by atoms with van der Waals surface area (Å²) in [7, 11) is 0. The maximum absolute atomic E-state index is 12.2. The van der Waals surface area contributed by atoms with Gasteiger partial charge in [-0.1, -0.05) is 152 Å². The van der Waals surface area contributed by atoms with E-state index in [1.165, 1.54) is 6.07 Å². The van der Waals surface area contributed by atoms with Gasteiger partial charge in [-0.25, -0.2) is 0 Å². The van der Waals surface area contributed by atoms with Crippen LogP contribution in [0.2, 0.25) is 0 Å². The summed E-state index contributed by atoms with van der Waals surface area (Å²) >= 11 is 0. The Kier molecular flexibility index (Phi) is 13.6. The fourth-order valence-corrected chi connectivity index (χ4v) is 6.87. The smallest absolute Gasteiger partial charge is 0.311 e. The first kappa shape index (κ1) is 39.5. The van der Waals surface area contributed by atoms with Crippen molar-refractivity contribution in [3.05, 3.63) is 237 Å². The second kappa shape index (κ2) is 19.9. The summed E-state index contributed by atoms with van der Waals surface area (Å²) in [5.41, 5.74) is 6.57. The largest absolute Gasteiger partial charge is 0.489 e. The predicted octanol–water partition coefficient (Wildman–Crippen LogP) is 10.7. The van der Waals surface area contributed by atoms with Crippen LogP contribution in [0.4, 0.5) is 5.69 Å². The number of hydrogen-bond acceptors (Lipinski definition) is 7. The molecule has 292 valence electrons. The molecule has 8 heteroatoms. The van der Waals surface area contributed by atoms with Gasteiger partial charge in [-0.15, -0.1) is 0 Å². The molecule has 1 atom stereocenters. The standard InChI is InChI=1S/C50H46N2O6/c53-49(44-25-30-50(48(31-44)52(54)55)58-37-41-19-11-4-12-20-41)34-51(32-38-13-5-1-6-14-38)33-47(42-21-26-45(27-22-42)56-35-39-15-7-2-8-16-39)43-23-28-46(29-24-43)57-36-40-17-9-3-10-18-40/h1-31,47,49,53H,32-37H2/t49-/m0/s1. The van der Waals surface area contributed by atoms with Crippen molar-refractivity contribution in [1.29, 1.82) is 0 Å². The van der Waals surface area contributed by atoms with Crippen LogP contribution in [0.5, 0.6) is 17.2 Å². The minimum Gasteiger partial charge on any atom is -0.489 e. The molecule has 0 saturated heterocycles. The average molecular weight is 771 g/mol. The van der Waals surface area contributed by atoms with Crippen LogP contribution in [-0.4, -0.2) is 28.0 Å². The molecule has 1 N–H and O–H groups in total. The zero-order chi connectivity index (χ0) is 39.9. The lowest BCUT2D eigenvalue weighted by atomic mass is 9.90. The minimum atomic E-state index is -1.02. The Morgan fingerprint density at radius 1 is 0.500 bits per heavy atom. The Bertz CT molecular complexity index is 2220. The summed E-state index contributed by atoms with van der Waals surface area (Å²) in [5.74, 6) is 1.58. The zero-order valence-corrected chi connectivity index (χ0v) is 32.2. The Morgan fingerprint density at radius 2 is 0.914 bits per heavy atom. The molecule has 7 rings (SSSR count). The lowest BCUT2D eigenvalue weighted by Gasteiger charge is -2.30. The molecular weight excluding hydrogens is 725 g/mol. The molecule has 0 radical (unpaired) electrons. The Hall–Kier alpha value is -6.74. The maximum Gasteiger partial charge on any atom is 0.311 e. The molecule has 0 aliphatic carbocycles. The lowest BCUT2D eigenvalue weighted by Crippen LogP contribution is -2.33. The monoisotopic (exact) mass is 770 g/mol. The third-order valence-corrected chi connectivity index (χ3v) is 9.98. The second-order valence-electron chi connectivity index (χ2n) is 14.2. The molecule has 0 aromatic heterocycles. The summed E-state index contributed by atoms with van der Waals surface area (Å²) < 4.78 is 18.1. The van der Waals surface area contributed by atoms with Gasteiger partial charge < -0.3 is 19.3 Å². The molecular formula is C50H46N2O6. The van der Waals surface area contributed by atoms with Crippen LogP contribution in [0, 0.1) is 10.1 Å². The molecule has 0 aliphatic heterocycles. The molecule has 8 nitrogen and oxygen atoms in total. The highest BCUT2D eigenvalue weighted by Gasteiger charge is 2.24. The van der Waals surface area contributed by atoms with Crippen molar-refractivity contribution in [2.24, 2.45) is 0 Å². The third kappa shape index (κ3) is 11.2. The van der Waals surface area contributed by atoms with Crippen LogP contribution >= 0.6 is 0 Å². The SMILES string of the molecule is O=[N+]([O-])c1cc([C@@H](O)CN(Cc2ccccc2)CC(c2ccc(OCc3ccccc3)cc2)c2ccc(OCc3ccccc3)cc2)ccc1OCc1ccccc1. The van der Waals surface area contributed by atoms with E-state index in [-0.39, 0.29) is 30.5 Å². The van der Waals surface area contributed by atoms with Crippen LogP contribution in [0.1, 0.15) is 51.0 Å². The molecule has 7 aromatic rings. The first-order valence-electron chi connectivity index (χ1n) is 19.4. The molecule has 0 unspecified atom stereocenters. The summed E-state index contributed by atoms with van der Waals surface area (Å²) in [4.78, 5) is 14.0. The maximum atomic E-state index is 12.2. The molecule has 0 fully saturated rings. The van der Waals surface area contributed by atoms with E-state index in [1.807, 2.05) is 133 Å². The van der Waals surface area contributed by atoms with Crippen LogP contribution in [-0.2, 0) is 26.4 Å². The summed E-state index contributed by atoms with van der Waals surface area (Å²) in [6.45, 7) is 2.44. The van der Waals surface area contributed by atoms with E-state index in [1.54, 1.807) is 12.1 Å². The fraction of sp³-hybridized carbons (Fsp3) is 0.160. The van der Waals surface area contributed by atoms with Crippen molar-refractivity contribution in [3.8, 4) is 17.2 Å². The second-order valence-corrected chi connectivity index (χ2v) is 14.2. The van der Waals surface area contributed by atoms with Gasteiger partial charge in [0.25, 0.3) is 0 Å². The molecule has 0 aliphatic rings. The predicted molar refractivity (Wildman–Crippen MR) is 227 cm³/mol. The zero-order valence-electron chi connectivity index (χ0n) is 32.2. The van der Waals surface area contributed by atoms with Gasteiger partial charge in [0.05, 0.1) is 11.0 Å². The number of hydrogen-bond donors (Lipinski definition) is 1. The van der Waals surface area contributed by atoms with Crippen molar-refractivity contribution >= 4 is 5.69 Å². The van der Waals surface area contributed by atoms with E-state index in [9.17, 15) is 15.2 Å². The molecule has 0 amide bonds. The molecule has 7 aromatic carbocycles. The molecule has 58 heavy (non-hydrogen) atoms. The van der Waals surface area contributed by atoms with E-state index in [4.69, 9.17) is 14.2 Å². The van der Waals surface area contributed by atoms with Crippen molar-refractivity contribution in [1.82, 2.24) is 4.90 Å². The summed E-state index contributed by atoms with van der Waals surface area (Å²) in [5, 5.41) is 24.0. The van der Waals surface area contributed by atoms with Gasteiger partial charge in [0.1, 0.15) is 31.3 Å². The summed E-state index contributed by atoms with van der Waals surface area (Å²) in [6.07, 6.45) is -1.02. The molecule has 0 bridgehead atoms. The minimum absolute atomic E-state index is 0.106. The number of benzene rings is 7. The van der Waals surface area contributed by atoms with E-state index >= 15 is 0 Å². The highest BCUT2D eigenvalue weighted by molar-refractivity contribution is 5.49. The van der Waals surface area contributed by atoms with Gasteiger partial charge >= 0.3 is 5.69 Å². The fourth-order valence-electron chi connectivity index (χ4n) is 6.87. The van der Waals surface area contributed by atoms with Gasteiger partial charge in [0.15, 0.2) is 5.75 Å². The van der Waals surface area contributed by atoms with Crippen LogP contribution in [0.25, 0.3) is 0 Å². The van der Waals surface area contributed by atoms with E-state index in [0.29, 0.717) is 31.9 Å². The number of aliphatic hydroxyl groups is 1. The molecule has 0 spiro atoms. The normalized spacial score (nSPS) is 11.6. The van der Waals surface area contributed by atoms with Crippen molar-refractivity contribution in [2.75, 3.05) is 13.1 Å². The van der Waals surface area contributed by atoms with Gasteiger partial charge in [-0.2, -0.15) is 0 Å². The highest BCUT2D eigenvalue weighted by atomic mass is 16.6. The van der Waals surface area contributed by atoms with Gasteiger partial charge in [0.2, 0.25) is 0 Å². The van der Waals surface area contributed by atoms with E-state index in [0.717, 1.165) is 44.9 Å². The van der Waals surface area contributed by atoms with Crippen LogP contribution < -0.4 is 14.2 Å². The summed E-state index contributed by atoms with van der Waals surface area (Å²) in [6, 6.07) is 60.9. The number of rotatable bonds is 19. The van der Waals surface area contributed by atoms with E-state index in [2.05, 4.69) is 41.3 Å². The highest BCUT2D eigenvalue weighted by Crippen LogP contribution is 2.34. The first-order chi connectivity index (χ1) is 28.5. The van der Waals surface area contributed by atoms with Gasteiger partial charge in [0, 0.05) is 31.6 Å². The Morgan fingerprint density at radius 3 is 1.36 bits per heavy atom. The number of aliphatic hydroxyl groups excluding tert-OH is 1. The van der Waals surface area contributed by atoms with Crippen molar-refractivity contribution < 1.29 is 24.2 Å². The number of nitro groups is 1. The number of nitro benzene ring substituents is 1. The Balaban J connectivity index is 1.14. The van der Waals surface area contributed by atoms with Gasteiger partial charge in [-0.3, -0.25) is 15.0 Å². The van der Waals surface area contributed by atoms with Gasteiger partial charge in [-0.05, 0) is 69.3 Å². The molecule has 0 heterocycles. The van der Waals surface area contributed by atoms with E-state index < -0.39 is 11.0 Å². The molecule has 0 saturated carbocycles. The first-order valence-corrected chi connectivity index (χ1v) is 19.4. The number of nitrogens with zero attached hydrogens (tertiary/aromatic N) is 2. The van der Waals surface area contributed by atoms with Crippen molar-refractivity contribution in [3.63, 3.8) is 0 Å². The number of ether oxygens (including phenoxy) is 3.